The molecule has 0 bridgehead atoms. The molecule has 24 heavy (non-hydrogen) atoms. The summed E-state index contributed by atoms with van der Waals surface area (Å²) in [6, 6.07) is 17.7. The number of nitrogens with two attached hydrogens (primary N) is 1. The first-order valence-electron chi connectivity index (χ1n) is 9.33. The van der Waals surface area contributed by atoms with E-state index < -0.39 is 0 Å². The van der Waals surface area contributed by atoms with Gasteiger partial charge in [0.2, 0.25) is 0 Å². The van der Waals surface area contributed by atoms with Gasteiger partial charge in [0.05, 0.1) is 6.61 Å². The molecule has 2 aromatic carbocycles. The van der Waals surface area contributed by atoms with Gasteiger partial charge < -0.3 is 10.5 Å². The van der Waals surface area contributed by atoms with Crippen LogP contribution < -0.4 is 10.5 Å². The molecule has 0 radical (unpaired) electrons. The molecule has 0 saturated heterocycles. The number of benzene rings is 2. The highest BCUT2D eigenvalue weighted by Crippen LogP contribution is 2.36. The monoisotopic (exact) mass is 321 g/mol. The van der Waals surface area contributed by atoms with Crippen LogP contribution in [-0.4, -0.2) is 12.6 Å². The van der Waals surface area contributed by atoms with Crippen molar-refractivity contribution in [3.05, 3.63) is 65.2 Å². The zero-order chi connectivity index (χ0) is 16.4. The minimum Gasteiger partial charge on any atom is -0.493 e. The first-order valence-corrected chi connectivity index (χ1v) is 9.33. The first kappa shape index (κ1) is 15.7. The van der Waals surface area contributed by atoms with Gasteiger partial charge in [-0.2, -0.15) is 0 Å². The molecule has 4 rings (SSSR count). The number of aryl methyl sites for hydroxylation is 1. The van der Waals surface area contributed by atoms with E-state index >= 15 is 0 Å². The Morgan fingerprint density at radius 2 is 1.83 bits per heavy atom. The summed E-state index contributed by atoms with van der Waals surface area (Å²) in [5, 5.41) is 0. The van der Waals surface area contributed by atoms with Crippen LogP contribution in [0.5, 0.6) is 5.75 Å². The van der Waals surface area contributed by atoms with Crippen LogP contribution in [0.15, 0.2) is 48.5 Å². The van der Waals surface area contributed by atoms with Gasteiger partial charge in [-0.3, -0.25) is 0 Å². The predicted octanol–water partition coefficient (Wildman–Crippen LogP) is 4.47. The fourth-order valence-electron chi connectivity index (χ4n) is 4.30. The maximum absolute atomic E-state index is 6.09. The maximum atomic E-state index is 6.09. The lowest BCUT2D eigenvalue weighted by molar-refractivity contribution is 0.234. The molecule has 2 aromatic rings. The van der Waals surface area contributed by atoms with E-state index in [1.807, 2.05) is 30.3 Å². The number of ether oxygens (including phenoxy) is 1. The number of para-hydroxylation sites is 1. The zero-order valence-electron chi connectivity index (χ0n) is 14.3. The van der Waals surface area contributed by atoms with E-state index in [0.29, 0.717) is 17.9 Å². The molecular formula is C22H27NO. The Labute approximate surface area is 145 Å². The van der Waals surface area contributed by atoms with Crippen molar-refractivity contribution in [1.29, 1.82) is 0 Å². The van der Waals surface area contributed by atoms with Crippen LogP contribution in [0, 0.1) is 5.92 Å². The summed E-state index contributed by atoms with van der Waals surface area (Å²) in [4.78, 5) is 0. The maximum Gasteiger partial charge on any atom is 0.119 e. The van der Waals surface area contributed by atoms with Gasteiger partial charge in [0.25, 0.3) is 0 Å². The van der Waals surface area contributed by atoms with Crippen LogP contribution >= 0.6 is 0 Å². The van der Waals surface area contributed by atoms with Gasteiger partial charge >= 0.3 is 0 Å². The fraction of sp³-hybridized carbons (Fsp3) is 0.455. The lowest BCUT2D eigenvalue weighted by Crippen LogP contribution is -2.21. The van der Waals surface area contributed by atoms with Gasteiger partial charge in [-0.05, 0) is 79.2 Å². The third-order valence-electron chi connectivity index (χ3n) is 5.73. The van der Waals surface area contributed by atoms with Gasteiger partial charge in [-0.15, -0.1) is 0 Å². The Morgan fingerprint density at radius 3 is 2.62 bits per heavy atom. The third-order valence-corrected chi connectivity index (χ3v) is 5.73. The number of rotatable bonds is 4. The fourth-order valence-corrected chi connectivity index (χ4v) is 4.30. The average molecular weight is 321 g/mol. The molecule has 0 spiro atoms. The van der Waals surface area contributed by atoms with Crippen molar-refractivity contribution in [2.45, 2.75) is 50.5 Å². The second-order valence-electron chi connectivity index (χ2n) is 7.53. The molecule has 126 valence electrons. The van der Waals surface area contributed by atoms with Crippen molar-refractivity contribution in [1.82, 2.24) is 0 Å². The normalized spacial score (nSPS) is 26.1. The van der Waals surface area contributed by atoms with E-state index in [-0.39, 0.29) is 0 Å². The summed E-state index contributed by atoms with van der Waals surface area (Å²) < 4.78 is 5.96. The van der Waals surface area contributed by atoms with Crippen molar-refractivity contribution < 1.29 is 4.74 Å². The summed E-state index contributed by atoms with van der Waals surface area (Å²) in [5.74, 6) is 2.30. The molecule has 1 fully saturated rings. The Balaban J connectivity index is 1.38. The molecule has 2 aliphatic carbocycles. The highest BCUT2D eigenvalue weighted by Gasteiger charge is 2.25. The summed E-state index contributed by atoms with van der Waals surface area (Å²) in [5.41, 5.74) is 10.7. The lowest BCUT2D eigenvalue weighted by Gasteiger charge is -2.26. The molecule has 2 unspecified atom stereocenters. The van der Waals surface area contributed by atoms with E-state index in [1.165, 1.54) is 36.8 Å². The Morgan fingerprint density at radius 1 is 0.958 bits per heavy atom. The highest BCUT2D eigenvalue weighted by molar-refractivity contribution is 5.36. The molecule has 1 saturated carbocycles. The average Bonchev–Trinajstić information content (AvgIpc) is 3.07. The molecule has 0 aromatic heterocycles. The standard InChI is InChI=1S/C22H27NO/c23-21-11-10-20(14-21)19-9-8-17-12-16(6-7-18(17)13-19)15-24-22-4-2-1-3-5-22/h1-5,8-9,13,16,20-21H,6-7,10-12,14-15,23H2/t16-,20?,21?/m0/s1. The SMILES string of the molecule is NC1CCC(c2ccc3c(c2)CC[C@H](COc2ccccc2)C3)C1. The van der Waals surface area contributed by atoms with E-state index in [2.05, 4.69) is 18.2 Å². The minimum atomic E-state index is 0.408. The summed E-state index contributed by atoms with van der Waals surface area (Å²) in [6.07, 6.45) is 7.16. The molecular weight excluding hydrogens is 294 g/mol. The Bertz CT molecular complexity index is 682. The molecule has 2 N–H and O–H groups in total. The zero-order valence-corrected chi connectivity index (χ0v) is 14.3. The number of hydrogen-bond acceptors (Lipinski definition) is 2. The van der Waals surface area contributed by atoms with Crippen molar-refractivity contribution in [3.8, 4) is 5.75 Å². The smallest absolute Gasteiger partial charge is 0.119 e. The minimum absolute atomic E-state index is 0.408. The van der Waals surface area contributed by atoms with Crippen LogP contribution in [0.3, 0.4) is 0 Å². The molecule has 2 aliphatic rings. The highest BCUT2D eigenvalue weighted by atomic mass is 16.5. The topological polar surface area (TPSA) is 35.2 Å². The van der Waals surface area contributed by atoms with Gasteiger partial charge in [-0.1, -0.05) is 36.4 Å². The van der Waals surface area contributed by atoms with Gasteiger partial charge in [0, 0.05) is 6.04 Å². The van der Waals surface area contributed by atoms with E-state index in [9.17, 15) is 0 Å². The van der Waals surface area contributed by atoms with E-state index in [1.54, 1.807) is 5.56 Å². The molecule has 0 heterocycles. The quantitative estimate of drug-likeness (QED) is 0.902. The number of fused-ring (bicyclic) bond motifs is 1. The van der Waals surface area contributed by atoms with Crippen molar-refractivity contribution in [2.75, 3.05) is 6.61 Å². The summed E-state index contributed by atoms with van der Waals surface area (Å²) in [6.45, 7) is 0.822. The molecule has 2 nitrogen and oxygen atoms in total. The van der Waals surface area contributed by atoms with Gasteiger partial charge in [0.1, 0.15) is 5.75 Å². The first-order chi connectivity index (χ1) is 11.8. The largest absolute Gasteiger partial charge is 0.493 e. The van der Waals surface area contributed by atoms with Crippen LogP contribution in [0.4, 0.5) is 0 Å². The Kier molecular flexibility index (Phi) is 4.57. The Hall–Kier alpha value is -1.80. The van der Waals surface area contributed by atoms with E-state index in [0.717, 1.165) is 25.2 Å². The number of hydrogen-bond donors (Lipinski definition) is 1. The van der Waals surface area contributed by atoms with Crippen LogP contribution in [0.1, 0.15) is 48.3 Å². The molecule has 0 aliphatic heterocycles. The van der Waals surface area contributed by atoms with Crippen molar-refractivity contribution in [2.24, 2.45) is 11.7 Å². The van der Waals surface area contributed by atoms with Crippen molar-refractivity contribution >= 4 is 0 Å². The van der Waals surface area contributed by atoms with Crippen LogP contribution in [-0.2, 0) is 12.8 Å². The summed E-state index contributed by atoms with van der Waals surface area (Å²) >= 11 is 0. The molecule has 0 amide bonds. The lowest BCUT2D eigenvalue weighted by atomic mass is 9.82. The molecule has 2 heteroatoms. The third kappa shape index (κ3) is 3.49. The van der Waals surface area contributed by atoms with Gasteiger partial charge in [-0.25, -0.2) is 0 Å². The van der Waals surface area contributed by atoms with Gasteiger partial charge in [0.15, 0.2) is 0 Å². The van der Waals surface area contributed by atoms with Crippen LogP contribution in [0.2, 0.25) is 0 Å². The predicted molar refractivity (Wildman–Crippen MR) is 98.5 cm³/mol. The molecule has 3 atom stereocenters. The van der Waals surface area contributed by atoms with Crippen LogP contribution in [0.25, 0.3) is 0 Å². The van der Waals surface area contributed by atoms with Crippen molar-refractivity contribution in [3.63, 3.8) is 0 Å². The summed E-state index contributed by atoms with van der Waals surface area (Å²) in [7, 11) is 0. The van der Waals surface area contributed by atoms with E-state index in [4.69, 9.17) is 10.5 Å². The second-order valence-corrected chi connectivity index (χ2v) is 7.53. The second kappa shape index (κ2) is 6.98.